The highest BCUT2D eigenvalue weighted by molar-refractivity contribution is 6.22. The van der Waals surface area contributed by atoms with Crippen LogP contribution in [0.5, 0.6) is 0 Å². The molecule has 0 unspecified atom stereocenters. The number of anilines is 1. The zero-order chi connectivity index (χ0) is 25.8. The van der Waals surface area contributed by atoms with E-state index in [0.717, 1.165) is 25.7 Å². The third-order valence-corrected chi connectivity index (χ3v) is 8.84. The van der Waals surface area contributed by atoms with Crippen LogP contribution in [0.4, 0.5) is 5.69 Å². The number of hydrogen-bond acceptors (Lipinski definition) is 4. The second kappa shape index (κ2) is 11.6. The Labute approximate surface area is 220 Å². The zero-order valence-corrected chi connectivity index (χ0v) is 21.9. The largest absolute Gasteiger partial charge is 0.462 e. The van der Waals surface area contributed by atoms with Gasteiger partial charge in [0.1, 0.15) is 0 Å². The van der Waals surface area contributed by atoms with E-state index < -0.39 is 0 Å². The Morgan fingerprint density at radius 3 is 2.16 bits per heavy atom. The Balaban J connectivity index is 1.14. The Morgan fingerprint density at radius 1 is 0.811 bits per heavy atom. The van der Waals surface area contributed by atoms with Crippen LogP contribution in [0.15, 0.2) is 54.6 Å². The van der Waals surface area contributed by atoms with Gasteiger partial charge in [0.15, 0.2) is 0 Å². The molecule has 2 aromatic rings. The van der Waals surface area contributed by atoms with Crippen LogP contribution in [0, 0.1) is 23.7 Å². The minimum Gasteiger partial charge on any atom is -0.462 e. The Hall–Kier alpha value is -2.95. The zero-order valence-electron chi connectivity index (χ0n) is 21.9. The summed E-state index contributed by atoms with van der Waals surface area (Å²) in [7, 11) is 0. The van der Waals surface area contributed by atoms with Crippen LogP contribution in [0.3, 0.4) is 0 Å². The summed E-state index contributed by atoms with van der Waals surface area (Å²) in [6.07, 6.45) is 11.5. The smallest absolute Gasteiger partial charge is 0.338 e. The van der Waals surface area contributed by atoms with Crippen LogP contribution in [0.1, 0.15) is 93.0 Å². The molecule has 5 atom stereocenters. The normalized spacial score (nSPS) is 26.1. The first-order valence-electron chi connectivity index (χ1n) is 14.3. The van der Waals surface area contributed by atoms with Gasteiger partial charge in [-0.1, -0.05) is 82.2 Å². The van der Waals surface area contributed by atoms with Crippen LogP contribution >= 0.6 is 0 Å². The molecule has 5 heteroatoms. The first-order chi connectivity index (χ1) is 18.1. The van der Waals surface area contributed by atoms with E-state index in [1.54, 1.807) is 24.3 Å². The van der Waals surface area contributed by atoms with E-state index in [1.165, 1.54) is 49.0 Å². The average Bonchev–Trinajstić information content (AvgIpc) is 3.59. The summed E-state index contributed by atoms with van der Waals surface area (Å²) in [5, 5.41) is 0. The fourth-order valence-corrected chi connectivity index (χ4v) is 7.03. The average molecular weight is 502 g/mol. The molecule has 196 valence electrons. The molecule has 2 amide bonds. The van der Waals surface area contributed by atoms with Crippen molar-refractivity contribution in [3.63, 3.8) is 0 Å². The summed E-state index contributed by atoms with van der Waals surface area (Å²) in [6, 6.07) is 17.2. The van der Waals surface area contributed by atoms with Gasteiger partial charge in [0, 0.05) is 0 Å². The van der Waals surface area contributed by atoms with Crippen molar-refractivity contribution in [2.75, 3.05) is 11.5 Å². The highest BCUT2D eigenvalue weighted by Crippen LogP contribution is 2.61. The second-order valence-electron chi connectivity index (χ2n) is 11.1. The Morgan fingerprint density at radius 2 is 1.46 bits per heavy atom. The van der Waals surface area contributed by atoms with E-state index in [0.29, 0.717) is 23.8 Å². The maximum absolute atomic E-state index is 13.5. The monoisotopic (exact) mass is 501 g/mol. The highest BCUT2D eigenvalue weighted by Gasteiger charge is 2.64. The van der Waals surface area contributed by atoms with Crippen molar-refractivity contribution in [3.05, 3.63) is 65.7 Å². The third-order valence-electron chi connectivity index (χ3n) is 8.84. The number of ether oxygens (including phenoxy) is 1. The molecule has 0 aromatic heterocycles. The number of nitrogens with zero attached hydrogens (tertiary/aromatic N) is 1. The number of rotatable bonds is 12. The molecule has 1 saturated heterocycles. The van der Waals surface area contributed by atoms with Crippen molar-refractivity contribution >= 4 is 23.5 Å². The Kier molecular flexibility index (Phi) is 8.07. The molecular weight excluding hydrogens is 462 g/mol. The molecule has 2 saturated carbocycles. The van der Waals surface area contributed by atoms with Crippen LogP contribution in [-0.2, 0) is 14.3 Å². The van der Waals surface area contributed by atoms with Gasteiger partial charge in [-0.3, -0.25) is 14.5 Å². The van der Waals surface area contributed by atoms with Crippen molar-refractivity contribution in [1.29, 1.82) is 0 Å². The lowest BCUT2D eigenvalue weighted by molar-refractivity contribution is -0.123. The summed E-state index contributed by atoms with van der Waals surface area (Å²) in [5.74, 6) is -0.0816. The quantitative estimate of drug-likeness (QED) is 0.180. The third kappa shape index (κ3) is 5.23. The summed E-state index contributed by atoms with van der Waals surface area (Å²) >= 11 is 0. The summed E-state index contributed by atoms with van der Waals surface area (Å²) in [4.78, 5) is 40.7. The van der Waals surface area contributed by atoms with Crippen LogP contribution in [0.2, 0.25) is 0 Å². The van der Waals surface area contributed by atoms with Crippen molar-refractivity contribution in [2.24, 2.45) is 23.7 Å². The van der Waals surface area contributed by atoms with E-state index in [-0.39, 0.29) is 41.5 Å². The van der Waals surface area contributed by atoms with E-state index in [4.69, 9.17) is 4.74 Å². The molecule has 5 nitrogen and oxygen atoms in total. The molecule has 37 heavy (non-hydrogen) atoms. The van der Waals surface area contributed by atoms with E-state index in [2.05, 4.69) is 31.2 Å². The van der Waals surface area contributed by atoms with Gasteiger partial charge in [-0.2, -0.15) is 0 Å². The molecule has 0 spiro atoms. The molecule has 0 N–H and O–H groups in total. The van der Waals surface area contributed by atoms with Crippen molar-refractivity contribution in [2.45, 2.75) is 77.0 Å². The van der Waals surface area contributed by atoms with Gasteiger partial charge in [-0.15, -0.1) is 0 Å². The lowest BCUT2D eigenvalue weighted by Gasteiger charge is -2.28. The number of imide groups is 1. The topological polar surface area (TPSA) is 63.7 Å². The highest BCUT2D eigenvalue weighted by atomic mass is 16.5. The number of unbranched alkanes of at least 4 members (excludes halogenated alkanes) is 7. The van der Waals surface area contributed by atoms with E-state index in [9.17, 15) is 14.4 Å². The summed E-state index contributed by atoms with van der Waals surface area (Å²) in [6.45, 7) is 2.65. The fraction of sp³-hybridized carbons (Fsp3) is 0.531. The summed E-state index contributed by atoms with van der Waals surface area (Å²) in [5.41, 5.74) is 2.29. The number of benzene rings is 2. The van der Waals surface area contributed by atoms with Gasteiger partial charge in [0.25, 0.3) is 0 Å². The standard InChI is InChI=1S/C32H39NO4/c1-2-3-4-5-6-7-8-12-19-37-32(36)23-15-17-25(18-16-23)33-30(34)28-24-20-26(22-13-10-9-11-14-22)27(21-24)29(28)31(33)35/h9-11,13-18,24,26-29H,2-8,12,19-21H2,1H3/t24-,26+,27-,28-,29+/m1/s1. The molecule has 1 heterocycles. The maximum atomic E-state index is 13.5. The number of fused-ring (bicyclic) bond motifs is 5. The molecule has 2 bridgehead atoms. The lowest BCUT2D eigenvalue weighted by atomic mass is 9.73. The SMILES string of the molecule is CCCCCCCCCCOC(=O)c1ccc(N2C(=O)[C@@H]3[C@H]4C[C@@H]([C@@H]3C2=O)[C@H](c2ccccc2)C4)cc1. The minimum atomic E-state index is -0.353. The number of esters is 1. The number of amides is 2. The maximum Gasteiger partial charge on any atom is 0.338 e. The van der Waals surface area contributed by atoms with E-state index >= 15 is 0 Å². The Bertz CT molecular complexity index is 1100. The number of carbonyl (C=O) groups is 3. The second-order valence-corrected chi connectivity index (χ2v) is 11.1. The van der Waals surface area contributed by atoms with Gasteiger partial charge < -0.3 is 4.74 Å². The molecule has 1 aliphatic heterocycles. The summed E-state index contributed by atoms with van der Waals surface area (Å²) < 4.78 is 5.45. The minimum absolute atomic E-state index is 0.0703. The van der Waals surface area contributed by atoms with E-state index in [1.807, 2.05) is 6.07 Å². The molecule has 2 aliphatic carbocycles. The van der Waals surface area contributed by atoms with Crippen molar-refractivity contribution < 1.29 is 19.1 Å². The molecule has 3 aliphatic rings. The van der Waals surface area contributed by atoms with Gasteiger partial charge in [-0.25, -0.2) is 4.79 Å². The molecule has 3 fully saturated rings. The van der Waals surface area contributed by atoms with Gasteiger partial charge in [0.05, 0.1) is 29.7 Å². The molecule has 5 rings (SSSR count). The van der Waals surface area contributed by atoms with Crippen molar-refractivity contribution in [3.8, 4) is 0 Å². The molecular formula is C32H39NO4. The fourth-order valence-electron chi connectivity index (χ4n) is 7.03. The first-order valence-corrected chi connectivity index (χ1v) is 14.3. The predicted molar refractivity (Wildman–Crippen MR) is 144 cm³/mol. The first kappa shape index (κ1) is 25.7. The van der Waals surface area contributed by atoms with Crippen LogP contribution in [-0.4, -0.2) is 24.4 Å². The van der Waals surface area contributed by atoms with Gasteiger partial charge in [0.2, 0.25) is 11.8 Å². The van der Waals surface area contributed by atoms with Crippen LogP contribution in [0.25, 0.3) is 0 Å². The lowest BCUT2D eigenvalue weighted by Crippen LogP contribution is -2.33. The number of hydrogen-bond donors (Lipinski definition) is 0. The molecule has 0 radical (unpaired) electrons. The van der Waals surface area contributed by atoms with Gasteiger partial charge in [-0.05, 0) is 66.8 Å². The van der Waals surface area contributed by atoms with Crippen LogP contribution < -0.4 is 4.90 Å². The molecule has 2 aromatic carbocycles. The predicted octanol–water partition coefficient (Wildman–Crippen LogP) is 6.91. The van der Waals surface area contributed by atoms with Gasteiger partial charge >= 0.3 is 5.97 Å². The number of carbonyl (C=O) groups excluding carboxylic acids is 3. The van der Waals surface area contributed by atoms with Crippen molar-refractivity contribution in [1.82, 2.24) is 0 Å².